The Labute approximate surface area is 118 Å². The number of ketones is 1. The summed E-state index contributed by atoms with van der Waals surface area (Å²) in [5.41, 5.74) is -1.43. The smallest absolute Gasteiger partial charge is 0.293 e. The van der Waals surface area contributed by atoms with Crippen LogP contribution in [0.2, 0.25) is 0 Å². The van der Waals surface area contributed by atoms with Gasteiger partial charge in [0, 0.05) is 18.3 Å². The maximum atomic E-state index is 13.9. The normalized spacial score (nSPS) is 13.0. The van der Waals surface area contributed by atoms with Crippen molar-refractivity contribution in [2.75, 3.05) is 0 Å². The van der Waals surface area contributed by atoms with Crippen LogP contribution in [0.25, 0.3) is 0 Å². The van der Waals surface area contributed by atoms with Crippen LogP contribution in [0.3, 0.4) is 0 Å². The number of benzene rings is 1. The average molecular weight is 297 g/mol. The Hall–Kier alpha value is -2.24. The summed E-state index contributed by atoms with van der Waals surface area (Å²) < 4.78 is 51.9. The summed E-state index contributed by atoms with van der Waals surface area (Å²) in [6.07, 6.45) is -1.91. The summed E-state index contributed by atoms with van der Waals surface area (Å²) in [4.78, 5) is 16.0. The Kier molecular flexibility index (Phi) is 4.06. The first-order valence-corrected chi connectivity index (χ1v) is 6.12. The molecule has 1 aromatic carbocycles. The fourth-order valence-corrected chi connectivity index (χ4v) is 1.98. The van der Waals surface area contributed by atoms with Crippen molar-refractivity contribution in [3.63, 3.8) is 0 Å². The molecule has 1 heterocycles. The van der Waals surface area contributed by atoms with Crippen LogP contribution in [0.4, 0.5) is 17.6 Å². The molecule has 0 amide bonds. The zero-order valence-corrected chi connectivity index (χ0v) is 11.0. The van der Waals surface area contributed by atoms with E-state index in [0.717, 1.165) is 12.1 Å². The van der Waals surface area contributed by atoms with Crippen LogP contribution in [0.5, 0.6) is 0 Å². The van der Waals surface area contributed by atoms with E-state index < -0.39 is 34.8 Å². The van der Waals surface area contributed by atoms with Gasteiger partial charge in [0.05, 0.1) is 11.1 Å². The summed E-state index contributed by atoms with van der Waals surface area (Å²) in [6, 6.07) is 5.83. The second-order valence-corrected chi connectivity index (χ2v) is 4.53. The molecule has 0 saturated heterocycles. The van der Waals surface area contributed by atoms with Gasteiger partial charge in [-0.2, -0.15) is 13.2 Å². The van der Waals surface area contributed by atoms with Gasteiger partial charge in [-0.05, 0) is 29.8 Å². The SMILES string of the molecule is CC(C(=O)c1cccc(C(F)(F)F)c1F)c1ccncc1. The number of halogens is 4. The number of aromatic nitrogens is 1. The molecule has 0 bridgehead atoms. The van der Waals surface area contributed by atoms with E-state index in [2.05, 4.69) is 4.98 Å². The van der Waals surface area contributed by atoms with Crippen molar-refractivity contribution < 1.29 is 22.4 Å². The van der Waals surface area contributed by atoms with Gasteiger partial charge >= 0.3 is 6.18 Å². The van der Waals surface area contributed by atoms with Crippen LogP contribution in [0.15, 0.2) is 42.7 Å². The van der Waals surface area contributed by atoms with Gasteiger partial charge < -0.3 is 0 Å². The molecule has 21 heavy (non-hydrogen) atoms. The maximum Gasteiger partial charge on any atom is 0.419 e. The van der Waals surface area contributed by atoms with Gasteiger partial charge in [0.15, 0.2) is 5.78 Å². The average Bonchev–Trinajstić information content (AvgIpc) is 2.45. The predicted octanol–water partition coefficient (Wildman–Crippen LogP) is 4.23. The van der Waals surface area contributed by atoms with Gasteiger partial charge in [0.2, 0.25) is 0 Å². The van der Waals surface area contributed by atoms with Crippen molar-refractivity contribution >= 4 is 5.78 Å². The number of nitrogens with zero attached hydrogens (tertiary/aromatic N) is 1. The third kappa shape index (κ3) is 3.09. The Morgan fingerprint density at radius 2 is 1.76 bits per heavy atom. The van der Waals surface area contributed by atoms with Crippen LogP contribution in [0.1, 0.15) is 34.3 Å². The maximum absolute atomic E-state index is 13.9. The molecule has 2 rings (SSSR count). The van der Waals surface area contributed by atoms with Crippen LogP contribution in [-0.4, -0.2) is 10.8 Å². The van der Waals surface area contributed by atoms with Gasteiger partial charge in [-0.15, -0.1) is 0 Å². The minimum atomic E-state index is -4.83. The van der Waals surface area contributed by atoms with Crippen molar-refractivity contribution in [2.24, 2.45) is 0 Å². The standard InChI is InChI=1S/C15H11F4NO/c1-9(10-5-7-20-8-6-10)14(21)11-3-2-4-12(13(11)16)15(17,18)19/h2-9H,1H3. The molecule has 1 unspecified atom stereocenters. The monoisotopic (exact) mass is 297 g/mol. The molecule has 0 fully saturated rings. The van der Waals surface area contributed by atoms with Crippen molar-refractivity contribution in [1.29, 1.82) is 0 Å². The first-order chi connectivity index (χ1) is 9.82. The topological polar surface area (TPSA) is 30.0 Å². The lowest BCUT2D eigenvalue weighted by Gasteiger charge is -2.14. The number of Topliss-reactive ketones (excluding diaryl/α,β-unsaturated/α-hetero) is 1. The molecule has 0 N–H and O–H groups in total. The van der Waals surface area contributed by atoms with Crippen LogP contribution < -0.4 is 0 Å². The number of carbonyl (C=O) groups excluding carboxylic acids is 1. The number of carbonyl (C=O) groups is 1. The van der Waals surface area contributed by atoms with Gasteiger partial charge in [-0.25, -0.2) is 4.39 Å². The summed E-state index contributed by atoms with van der Waals surface area (Å²) in [7, 11) is 0. The minimum Gasteiger partial charge on any atom is -0.293 e. The molecule has 0 saturated carbocycles. The molecule has 110 valence electrons. The van der Waals surface area contributed by atoms with E-state index in [1.54, 1.807) is 12.1 Å². The van der Waals surface area contributed by atoms with E-state index in [1.807, 2.05) is 0 Å². The van der Waals surface area contributed by atoms with Crippen molar-refractivity contribution in [3.8, 4) is 0 Å². The lowest BCUT2D eigenvalue weighted by atomic mass is 9.92. The number of pyridine rings is 1. The number of rotatable bonds is 3. The Balaban J connectivity index is 2.41. The van der Waals surface area contributed by atoms with Crippen LogP contribution in [-0.2, 0) is 6.18 Å². The molecule has 0 spiro atoms. The molecule has 6 heteroatoms. The molecule has 2 nitrogen and oxygen atoms in total. The van der Waals surface area contributed by atoms with Crippen LogP contribution in [0, 0.1) is 5.82 Å². The predicted molar refractivity (Wildman–Crippen MR) is 68.4 cm³/mol. The van der Waals surface area contributed by atoms with Crippen molar-refractivity contribution in [3.05, 3.63) is 65.2 Å². The largest absolute Gasteiger partial charge is 0.419 e. The van der Waals surface area contributed by atoms with Gasteiger partial charge in [0.25, 0.3) is 0 Å². The highest BCUT2D eigenvalue weighted by Gasteiger charge is 2.36. The van der Waals surface area contributed by atoms with Crippen molar-refractivity contribution in [1.82, 2.24) is 4.98 Å². The van der Waals surface area contributed by atoms with E-state index in [0.29, 0.717) is 11.6 Å². The summed E-state index contributed by atoms with van der Waals surface area (Å²) in [6.45, 7) is 1.51. The fraction of sp³-hybridized carbons (Fsp3) is 0.200. The highest BCUT2D eigenvalue weighted by atomic mass is 19.4. The Morgan fingerprint density at radius 3 is 2.33 bits per heavy atom. The van der Waals surface area contributed by atoms with Crippen LogP contribution >= 0.6 is 0 Å². The van der Waals surface area contributed by atoms with E-state index >= 15 is 0 Å². The first-order valence-electron chi connectivity index (χ1n) is 6.12. The number of alkyl halides is 3. The molecule has 0 aliphatic carbocycles. The highest BCUT2D eigenvalue weighted by molar-refractivity contribution is 6.01. The Bertz CT molecular complexity index is 652. The zero-order chi connectivity index (χ0) is 15.6. The third-order valence-electron chi connectivity index (χ3n) is 3.17. The molecule has 1 aromatic heterocycles. The second kappa shape index (κ2) is 5.63. The van der Waals surface area contributed by atoms with E-state index in [4.69, 9.17) is 0 Å². The molecule has 0 radical (unpaired) electrons. The fourth-order valence-electron chi connectivity index (χ4n) is 1.98. The van der Waals surface area contributed by atoms with Gasteiger partial charge in [0.1, 0.15) is 5.82 Å². The molecule has 0 aliphatic heterocycles. The molecule has 1 atom stereocenters. The molecule has 0 aliphatic rings. The van der Waals surface area contributed by atoms with Gasteiger partial charge in [-0.1, -0.05) is 13.0 Å². The lowest BCUT2D eigenvalue weighted by molar-refractivity contribution is -0.140. The summed E-state index contributed by atoms with van der Waals surface area (Å²) >= 11 is 0. The number of hydrogen-bond acceptors (Lipinski definition) is 2. The zero-order valence-electron chi connectivity index (χ0n) is 11.0. The third-order valence-corrected chi connectivity index (χ3v) is 3.17. The lowest BCUT2D eigenvalue weighted by Crippen LogP contribution is -2.16. The summed E-state index contributed by atoms with van der Waals surface area (Å²) in [5, 5.41) is 0. The molecular weight excluding hydrogens is 286 g/mol. The first kappa shape index (κ1) is 15.2. The van der Waals surface area contributed by atoms with E-state index in [1.165, 1.54) is 19.3 Å². The quantitative estimate of drug-likeness (QED) is 0.627. The van der Waals surface area contributed by atoms with Gasteiger partial charge in [-0.3, -0.25) is 9.78 Å². The molecule has 2 aromatic rings. The minimum absolute atomic E-state index is 0.561. The van der Waals surface area contributed by atoms with E-state index in [-0.39, 0.29) is 0 Å². The summed E-state index contributed by atoms with van der Waals surface area (Å²) in [5.74, 6) is -2.99. The highest BCUT2D eigenvalue weighted by Crippen LogP contribution is 2.33. The molecular formula is C15H11F4NO. The second-order valence-electron chi connectivity index (χ2n) is 4.53. The van der Waals surface area contributed by atoms with E-state index in [9.17, 15) is 22.4 Å². The number of hydrogen-bond donors (Lipinski definition) is 0. The Morgan fingerprint density at radius 1 is 1.14 bits per heavy atom. The van der Waals surface area contributed by atoms with Crippen molar-refractivity contribution in [2.45, 2.75) is 19.0 Å².